The van der Waals surface area contributed by atoms with E-state index in [0.29, 0.717) is 23.8 Å². The van der Waals surface area contributed by atoms with E-state index < -0.39 is 21.6 Å². The molecule has 2 rings (SSSR count). The third-order valence-electron chi connectivity index (χ3n) is 5.74. The van der Waals surface area contributed by atoms with Crippen LogP contribution >= 0.6 is 0 Å². The molecule has 0 saturated carbocycles. The van der Waals surface area contributed by atoms with Crippen molar-refractivity contribution in [2.75, 3.05) is 30.8 Å². The molecular formula is C28H41N3O6S. The second-order valence-electron chi connectivity index (χ2n) is 10.1. The van der Waals surface area contributed by atoms with E-state index in [9.17, 15) is 18.0 Å². The highest BCUT2D eigenvalue weighted by atomic mass is 32.2. The first-order valence-corrected chi connectivity index (χ1v) is 14.6. The number of hydrogen-bond donors (Lipinski definition) is 1. The largest absolute Gasteiger partial charge is 0.497 e. The average Bonchev–Trinajstić information content (AvgIpc) is 2.83. The van der Waals surface area contributed by atoms with Gasteiger partial charge in [0.1, 0.15) is 17.5 Å². The van der Waals surface area contributed by atoms with Crippen molar-refractivity contribution >= 4 is 27.5 Å². The van der Waals surface area contributed by atoms with Crippen LogP contribution in [0.1, 0.15) is 53.0 Å². The number of carbonyl (C=O) groups excluding carboxylic acids is 2. The average molecular weight is 548 g/mol. The van der Waals surface area contributed by atoms with Gasteiger partial charge in [-0.2, -0.15) is 0 Å². The lowest BCUT2D eigenvalue weighted by molar-refractivity contribution is -0.141. The zero-order valence-electron chi connectivity index (χ0n) is 23.5. The predicted octanol–water partition coefficient (Wildman–Crippen LogP) is 3.97. The molecule has 9 nitrogen and oxygen atoms in total. The minimum Gasteiger partial charge on any atom is -0.497 e. The van der Waals surface area contributed by atoms with Crippen molar-refractivity contribution < 1.29 is 27.5 Å². The highest BCUT2D eigenvalue weighted by Crippen LogP contribution is 2.30. The van der Waals surface area contributed by atoms with Crippen LogP contribution in [0.5, 0.6) is 11.5 Å². The van der Waals surface area contributed by atoms with E-state index in [-0.39, 0.29) is 37.7 Å². The van der Waals surface area contributed by atoms with Crippen LogP contribution in [0.4, 0.5) is 5.69 Å². The van der Waals surface area contributed by atoms with Gasteiger partial charge in [0.25, 0.3) is 0 Å². The van der Waals surface area contributed by atoms with Gasteiger partial charge in [-0.05, 0) is 70.9 Å². The van der Waals surface area contributed by atoms with Gasteiger partial charge >= 0.3 is 0 Å². The lowest BCUT2D eigenvalue weighted by atomic mass is 10.1. The Balaban J connectivity index is 2.25. The van der Waals surface area contributed by atoms with Crippen LogP contribution in [-0.4, -0.2) is 63.2 Å². The van der Waals surface area contributed by atoms with Crippen molar-refractivity contribution in [1.82, 2.24) is 10.2 Å². The maximum Gasteiger partial charge on any atom is 0.242 e. The number of rotatable bonds is 13. The first kappa shape index (κ1) is 31.0. The summed E-state index contributed by atoms with van der Waals surface area (Å²) in [7, 11) is -2.06. The number of hydrogen-bond acceptors (Lipinski definition) is 6. The molecule has 38 heavy (non-hydrogen) atoms. The van der Waals surface area contributed by atoms with Crippen LogP contribution in [-0.2, 0) is 26.2 Å². The number of sulfonamides is 1. The highest BCUT2D eigenvalue weighted by Gasteiger charge is 2.29. The number of carbonyl (C=O) groups is 2. The van der Waals surface area contributed by atoms with Gasteiger partial charge in [-0.25, -0.2) is 8.42 Å². The van der Waals surface area contributed by atoms with E-state index in [2.05, 4.69) is 5.32 Å². The molecule has 0 fully saturated rings. The van der Waals surface area contributed by atoms with Crippen LogP contribution in [0.3, 0.4) is 0 Å². The first-order chi connectivity index (χ1) is 17.8. The van der Waals surface area contributed by atoms with E-state index in [1.165, 1.54) is 9.21 Å². The summed E-state index contributed by atoms with van der Waals surface area (Å²) in [6.45, 7) is 9.85. The molecule has 1 N–H and O–H groups in total. The number of anilines is 1. The number of ether oxygens (including phenoxy) is 2. The number of para-hydroxylation sites is 2. The van der Waals surface area contributed by atoms with Crippen molar-refractivity contribution in [2.45, 2.75) is 65.6 Å². The summed E-state index contributed by atoms with van der Waals surface area (Å²) in [4.78, 5) is 28.0. The number of methoxy groups -OCH3 is 1. The van der Waals surface area contributed by atoms with Crippen molar-refractivity contribution in [2.24, 2.45) is 0 Å². The van der Waals surface area contributed by atoms with Gasteiger partial charge in [0.2, 0.25) is 21.8 Å². The fourth-order valence-corrected chi connectivity index (χ4v) is 4.92. The van der Waals surface area contributed by atoms with Crippen molar-refractivity contribution in [1.29, 1.82) is 0 Å². The molecule has 0 radical (unpaired) electrons. The molecular weight excluding hydrogens is 506 g/mol. The molecule has 0 heterocycles. The number of nitrogens with zero attached hydrogens (tertiary/aromatic N) is 2. The molecule has 0 saturated heterocycles. The molecule has 0 aromatic heterocycles. The number of benzene rings is 2. The van der Waals surface area contributed by atoms with Gasteiger partial charge in [-0.15, -0.1) is 0 Å². The number of amides is 2. The normalized spacial score (nSPS) is 12.4. The monoisotopic (exact) mass is 547 g/mol. The van der Waals surface area contributed by atoms with Crippen LogP contribution < -0.4 is 19.1 Å². The quantitative estimate of drug-likeness (QED) is 0.407. The van der Waals surface area contributed by atoms with Gasteiger partial charge in [-0.3, -0.25) is 13.9 Å². The molecule has 0 spiro atoms. The lowest BCUT2D eigenvalue weighted by Gasteiger charge is -2.32. The van der Waals surface area contributed by atoms with Gasteiger partial charge in [0, 0.05) is 25.0 Å². The zero-order valence-corrected chi connectivity index (χ0v) is 24.3. The molecule has 2 amide bonds. The second-order valence-corrected chi connectivity index (χ2v) is 12.0. The molecule has 1 unspecified atom stereocenters. The van der Waals surface area contributed by atoms with E-state index in [1.54, 1.807) is 38.3 Å². The van der Waals surface area contributed by atoms with Crippen LogP contribution in [0.15, 0.2) is 48.5 Å². The van der Waals surface area contributed by atoms with Crippen LogP contribution in [0.2, 0.25) is 0 Å². The first-order valence-electron chi connectivity index (χ1n) is 12.7. The van der Waals surface area contributed by atoms with Crippen LogP contribution in [0.25, 0.3) is 0 Å². The lowest BCUT2D eigenvalue weighted by Crippen LogP contribution is -2.52. The third kappa shape index (κ3) is 9.24. The molecule has 10 heteroatoms. The summed E-state index contributed by atoms with van der Waals surface area (Å²) < 4.78 is 37.5. The predicted molar refractivity (Wildman–Crippen MR) is 150 cm³/mol. The Morgan fingerprint density at radius 3 is 2.37 bits per heavy atom. The maximum absolute atomic E-state index is 13.5. The molecule has 0 aliphatic rings. The maximum atomic E-state index is 13.5. The Morgan fingerprint density at radius 1 is 1.08 bits per heavy atom. The molecule has 2 aromatic carbocycles. The molecule has 0 aliphatic heterocycles. The van der Waals surface area contributed by atoms with Gasteiger partial charge in [0.15, 0.2) is 0 Å². The second kappa shape index (κ2) is 13.5. The topological polar surface area (TPSA) is 105 Å². The minimum atomic E-state index is -3.63. The Kier molecular flexibility index (Phi) is 11.0. The van der Waals surface area contributed by atoms with Crippen LogP contribution in [0, 0.1) is 0 Å². The fraction of sp³-hybridized carbons (Fsp3) is 0.500. The standard InChI is InChI=1S/C28H41N3O6S/c1-8-37-25-16-10-9-15-24(25)31(38(7,34)35)18-12-17-26(32)30(21(2)27(33)29-28(3,4)5)20-22-13-11-14-23(19-22)36-6/h9-11,13-16,19,21H,8,12,17-18,20H2,1-7H3,(H,29,33). The molecule has 0 aliphatic carbocycles. The Morgan fingerprint density at radius 2 is 1.76 bits per heavy atom. The summed E-state index contributed by atoms with van der Waals surface area (Å²) in [6, 6.07) is 13.5. The van der Waals surface area contributed by atoms with E-state index >= 15 is 0 Å². The van der Waals surface area contributed by atoms with E-state index in [4.69, 9.17) is 9.47 Å². The van der Waals surface area contributed by atoms with E-state index in [1.807, 2.05) is 52.0 Å². The minimum absolute atomic E-state index is 0.0555. The molecule has 0 bridgehead atoms. The highest BCUT2D eigenvalue weighted by molar-refractivity contribution is 7.92. The third-order valence-corrected chi connectivity index (χ3v) is 6.92. The Hall–Kier alpha value is -3.27. The fourth-order valence-electron chi connectivity index (χ4n) is 3.95. The van der Waals surface area contributed by atoms with Gasteiger partial charge < -0.3 is 19.7 Å². The Labute approximate surface area is 227 Å². The summed E-state index contributed by atoms with van der Waals surface area (Å²) in [6.07, 6.45) is 1.44. The number of nitrogens with one attached hydrogen (secondary N) is 1. The van der Waals surface area contributed by atoms with Crippen molar-refractivity contribution in [3.63, 3.8) is 0 Å². The molecule has 2 aromatic rings. The van der Waals surface area contributed by atoms with E-state index in [0.717, 1.165) is 11.8 Å². The van der Waals surface area contributed by atoms with Gasteiger partial charge in [0.05, 0.1) is 25.7 Å². The smallest absolute Gasteiger partial charge is 0.242 e. The summed E-state index contributed by atoms with van der Waals surface area (Å²) in [5.41, 5.74) is 0.784. The molecule has 210 valence electrons. The summed E-state index contributed by atoms with van der Waals surface area (Å²) in [5.74, 6) is 0.588. The summed E-state index contributed by atoms with van der Waals surface area (Å²) >= 11 is 0. The Bertz CT molecular complexity index is 1190. The van der Waals surface area contributed by atoms with Gasteiger partial charge in [-0.1, -0.05) is 24.3 Å². The zero-order chi connectivity index (χ0) is 28.5. The molecule has 1 atom stereocenters. The summed E-state index contributed by atoms with van der Waals surface area (Å²) in [5, 5.41) is 2.94. The van der Waals surface area contributed by atoms with Crippen molar-refractivity contribution in [3.8, 4) is 11.5 Å². The van der Waals surface area contributed by atoms with Crippen molar-refractivity contribution in [3.05, 3.63) is 54.1 Å². The SMILES string of the molecule is CCOc1ccccc1N(CCCC(=O)N(Cc1cccc(OC)c1)C(C)C(=O)NC(C)(C)C)S(C)(=O)=O.